The average Bonchev–Trinajstić information content (AvgIpc) is 3.54. The molecule has 0 fully saturated rings. The van der Waals surface area contributed by atoms with Crippen molar-refractivity contribution in [1.82, 2.24) is 5.32 Å². The molecule has 1 amide bonds. The van der Waals surface area contributed by atoms with Crippen LogP contribution in [0.4, 0.5) is 0 Å². The maximum absolute atomic E-state index is 12.6. The lowest BCUT2D eigenvalue weighted by Crippen LogP contribution is -2.45. The number of hydrogen-bond donors (Lipinski definition) is 3. The molecule has 0 saturated heterocycles. The summed E-state index contributed by atoms with van der Waals surface area (Å²) in [6, 6.07) is -0.539. The Balaban J connectivity index is 3.33. The van der Waals surface area contributed by atoms with E-state index >= 15 is 0 Å². The molecule has 0 rings (SSSR count). The minimum Gasteiger partial charge on any atom is -0.466 e. The fraction of sp³-hybridized carbons (Fsp3) is 0.926. The first-order valence-electron chi connectivity index (χ1n) is 40.1. The van der Waals surface area contributed by atoms with E-state index in [4.69, 9.17) is 4.74 Å². The van der Waals surface area contributed by atoms with Crippen molar-refractivity contribution in [3.05, 3.63) is 24.3 Å². The maximum atomic E-state index is 12.6. The highest BCUT2D eigenvalue weighted by Gasteiger charge is 2.20. The van der Waals surface area contributed by atoms with Crippen LogP contribution in [0.2, 0.25) is 0 Å². The highest BCUT2D eigenvalue weighted by molar-refractivity contribution is 5.76. The van der Waals surface area contributed by atoms with Crippen LogP contribution in [0.25, 0.3) is 0 Å². The second-order valence-electron chi connectivity index (χ2n) is 27.8. The smallest absolute Gasteiger partial charge is 0.305 e. The lowest BCUT2D eigenvalue weighted by Gasteiger charge is -2.22. The molecule has 0 aromatic rings. The van der Waals surface area contributed by atoms with Gasteiger partial charge in [0.05, 0.1) is 25.4 Å². The number of carbonyl (C=O) groups is 2. The number of aliphatic hydroxyl groups excluding tert-OH is 2. The molecule has 3 N–H and O–H groups in total. The third kappa shape index (κ3) is 73.3. The van der Waals surface area contributed by atoms with Crippen molar-refractivity contribution >= 4 is 11.9 Å². The minimum absolute atomic E-state index is 0.00719. The van der Waals surface area contributed by atoms with E-state index in [0.717, 1.165) is 51.4 Å². The third-order valence-corrected chi connectivity index (χ3v) is 19.0. The van der Waals surface area contributed by atoms with E-state index in [9.17, 15) is 19.8 Å². The summed E-state index contributed by atoms with van der Waals surface area (Å²) in [6.07, 6.45) is 98.5. The fourth-order valence-electron chi connectivity index (χ4n) is 12.9. The van der Waals surface area contributed by atoms with Gasteiger partial charge in [-0.15, -0.1) is 0 Å². The molecule has 0 aromatic heterocycles. The van der Waals surface area contributed by atoms with E-state index in [1.807, 2.05) is 0 Å². The van der Waals surface area contributed by atoms with Crippen molar-refractivity contribution in [2.45, 2.75) is 469 Å². The van der Waals surface area contributed by atoms with Gasteiger partial charge in [-0.05, 0) is 51.4 Å². The van der Waals surface area contributed by atoms with E-state index < -0.39 is 12.1 Å². The van der Waals surface area contributed by atoms with Crippen LogP contribution in [0.1, 0.15) is 457 Å². The summed E-state index contributed by atoms with van der Waals surface area (Å²) in [7, 11) is 0. The molecule has 0 heterocycles. The normalized spacial score (nSPS) is 12.6. The number of allylic oxidation sites excluding steroid dienone is 4. The Morgan fingerprint density at radius 3 is 0.920 bits per heavy atom. The number of carbonyl (C=O) groups excluding carboxylic acids is 2. The number of rotatable bonds is 76. The standard InChI is InChI=1S/C81H157NO5/c1-3-5-7-9-11-13-15-17-18-19-20-21-22-34-37-40-43-46-50-53-57-61-65-69-73-79(84)78(77-83)82-80(85)74-70-66-62-58-54-51-47-44-41-38-35-32-30-28-26-24-23-25-27-29-31-33-36-39-42-45-48-52-56-60-64-68-72-76-87-81(86)75-71-67-63-59-55-49-16-14-12-10-8-6-4-2/h8,10,14,16,78-79,83-84H,3-7,9,11-13,15,17-77H2,1-2H3,(H,82,85)/b10-8-,16-14-. The summed E-state index contributed by atoms with van der Waals surface area (Å²) in [6.45, 7) is 4.94. The zero-order valence-electron chi connectivity index (χ0n) is 59.3. The Kier molecular flexibility index (Phi) is 75.3. The van der Waals surface area contributed by atoms with Crippen LogP contribution in [-0.4, -0.2) is 47.4 Å². The van der Waals surface area contributed by atoms with Crippen LogP contribution in [0, 0.1) is 0 Å². The van der Waals surface area contributed by atoms with Gasteiger partial charge in [0, 0.05) is 12.8 Å². The zero-order valence-corrected chi connectivity index (χ0v) is 59.3. The molecule has 87 heavy (non-hydrogen) atoms. The second kappa shape index (κ2) is 76.8. The summed E-state index contributed by atoms with van der Waals surface area (Å²) >= 11 is 0. The van der Waals surface area contributed by atoms with Crippen LogP contribution < -0.4 is 5.32 Å². The third-order valence-electron chi connectivity index (χ3n) is 19.0. The van der Waals surface area contributed by atoms with Gasteiger partial charge in [-0.3, -0.25) is 9.59 Å². The molecule has 516 valence electrons. The van der Waals surface area contributed by atoms with Gasteiger partial charge in [0.15, 0.2) is 0 Å². The average molecular weight is 1230 g/mol. The number of hydrogen-bond acceptors (Lipinski definition) is 5. The van der Waals surface area contributed by atoms with Gasteiger partial charge < -0.3 is 20.3 Å². The van der Waals surface area contributed by atoms with Gasteiger partial charge >= 0.3 is 5.97 Å². The predicted octanol–water partition coefficient (Wildman–Crippen LogP) is 26.4. The van der Waals surface area contributed by atoms with Crippen LogP contribution >= 0.6 is 0 Å². The summed E-state index contributed by atoms with van der Waals surface area (Å²) in [4.78, 5) is 24.6. The monoisotopic (exact) mass is 1220 g/mol. The lowest BCUT2D eigenvalue weighted by molar-refractivity contribution is -0.143. The first kappa shape index (κ1) is 85.3. The number of unbranched alkanes of at least 4 members (excludes halogenated alkanes) is 61. The van der Waals surface area contributed by atoms with Gasteiger partial charge in [0.1, 0.15) is 0 Å². The molecule has 6 nitrogen and oxygen atoms in total. The predicted molar refractivity (Wildman–Crippen MR) is 384 cm³/mol. The molecular weight excluding hydrogens is 1070 g/mol. The largest absolute Gasteiger partial charge is 0.466 e. The molecular formula is C81H157NO5. The Labute approximate surface area is 545 Å². The minimum atomic E-state index is -0.662. The van der Waals surface area contributed by atoms with Gasteiger partial charge in [0.2, 0.25) is 5.91 Å². The fourth-order valence-corrected chi connectivity index (χ4v) is 12.9. The Morgan fingerprint density at radius 1 is 0.322 bits per heavy atom. The number of aliphatic hydroxyl groups is 2. The summed E-state index contributed by atoms with van der Waals surface area (Å²) in [5, 5.41) is 23.5. The van der Waals surface area contributed by atoms with E-state index in [1.54, 1.807) is 0 Å². The quantitative estimate of drug-likeness (QED) is 0.0320. The van der Waals surface area contributed by atoms with Gasteiger partial charge in [-0.1, -0.05) is 417 Å². The first-order chi connectivity index (χ1) is 43.0. The van der Waals surface area contributed by atoms with E-state index in [2.05, 4.69) is 43.5 Å². The van der Waals surface area contributed by atoms with Crippen molar-refractivity contribution in [3.8, 4) is 0 Å². The van der Waals surface area contributed by atoms with E-state index in [1.165, 1.54) is 372 Å². The summed E-state index contributed by atoms with van der Waals surface area (Å²) in [5.41, 5.74) is 0. The summed E-state index contributed by atoms with van der Waals surface area (Å²) < 4.78 is 5.48. The van der Waals surface area contributed by atoms with Crippen molar-refractivity contribution in [3.63, 3.8) is 0 Å². The number of ether oxygens (including phenoxy) is 1. The van der Waals surface area contributed by atoms with Crippen LogP contribution in [0.5, 0.6) is 0 Å². The van der Waals surface area contributed by atoms with E-state index in [0.29, 0.717) is 25.9 Å². The second-order valence-corrected chi connectivity index (χ2v) is 27.8. The van der Waals surface area contributed by atoms with Crippen molar-refractivity contribution < 1.29 is 24.5 Å². The summed E-state index contributed by atoms with van der Waals surface area (Å²) in [5.74, 6) is -0.0171. The number of amides is 1. The first-order valence-corrected chi connectivity index (χ1v) is 40.1. The van der Waals surface area contributed by atoms with Gasteiger partial charge in [-0.2, -0.15) is 0 Å². The maximum Gasteiger partial charge on any atom is 0.305 e. The topological polar surface area (TPSA) is 95.9 Å². The van der Waals surface area contributed by atoms with Crippen LogP contribution in [0.3, 0.4) is 0 Å². The Hall–Kier alpha value is -1.66. The van der Waals surface area contributed by atoms with Gasteiger partial charge in [-0.25, -0.2) is 0 Å². The molecule has 0 saturated carbocycles. The van der Waals surface area contributed by atoms with Crippen molar-refractivity contribution in [1.29, 1.82) is 0 Å². The molecule has 0 aliphatic rings. The number of esters is 1. The number of nitrogens with one attached hydrogen (secondary N) is 1. The lowest BCUT2D eigenvalue weighted by atomic mass is 10.0. The SMILES string of the molecule is CCC/C=C\C/C=C\CCCCCCCC(=O)OCCCCCCCCCCCCCCCCCCCCCCCCCCCCCCCCCCCC(=O)NC(CO)C(O)CCCCCCCCCCCCCCCCCCCCCCCCCC. The van der Waals surface area contributed by atoms with Crippen molar-refractivity contribution in [2.24, 2.45) is 0 Å². The molecule has 6 heteroatoms. The molecule has 0 aliphatic heterocycles. The highest BCUT2D eigenvalue weighted by atomic mass is 16.5. The molecule has 0 aromatic carbocycles. The molecule has 0 radical (unpaired) electrons. The highest BCUT2D eigenvalue weighted by Crippen LogP contribution is 2.20. The Morgan fingerprint density at radius 2 is 0.598 bits per heavy atom. The van der Waals surface area contributed by atoms with Crippen LogP contribution in [0.15, 0.2) is 24.3 Å². The van der Waals surface area contributed by atoms with Crippen molar-refractivity contribution in [2.75, 3.05) is 13.2 Å². The molecule has 0 bridgehead atoms. The van der Waals surface area contributed by atoms with E-state index in [-0.39, 0.29) is 18.5 Å². The molecule has 2 unspecified atom stereocenters. The Bertz CT molecular complexity index is 1360. The van der Waals surface area contributed by atoms with Crippen LogP contribution in [-0.2, 0) is 14.3 Å². The molecule has 0 aliphatic carbocycles. The zero-order chi connectivity index (χ0) is 62.8. The molecule has 0 spiro atoms. The molecule has 2 atom stereocenters. The van der Waals surface area contributed by atoms with Gasteiger partial charge in [0.25, 0.3) is 0 Å².